The minimum absolute atomic E-state index is 0.129. The third kappa shape index (κ3) is 5.35. The quantitative estimate of drug-likeness (QED) is 0.466. The van der Waals surface area contributed by atoms with Gasteiger partial charge in [0.2, 0.25) is 5.91 Å². The molecule has 10 heavy (non-hydrogen) atoms. The zero-order chi connectivity index (χ0) is 7.82. The van der Waals surface area contributed by atoms with E-state index in [1.54, 1.807) is 7.05 Å². The molecule has 0 rings (SSSR count). The molecule has 0 aliphatic carbocycles. The summed E-state index contributed by atoms with van der Waals surface area (Å²) in [5.74, 6) is 0.129. The average Bonchev–Trinajstić information content (AvgIpc) is 1.98. The molecule has 0 radical (unpaired) electrons. The van der Waals surface area contributed by atoms with E-state index in [4.69, 9.17) is 0 Å². The van der Waals surface area contributed by atoms with Gasteiger partial charge in [0.1, 0.15) is 0 Å². The van der Waals surface area contributed by atoms with Gasteiger partial charge in [-0.15, -0.1) is 0 Å². The summed E-state index contributed by atoms with van der Waals surface area (Å²) >= 11 is 0. The Labute approximate surface area is 62.3 Å². The summed E-state index contributed by atoms with van der Waals surface area (Å²) in [7, 11) is 1.66. The predicted molar refractivity (Wildman–Crippen MR) is 42.7 cm³/mol. The lowest BCUT2D eigenvalue weighted by Crippen LogP contribution is -2.16. The van der Waals surface area contributed by atoms with Crippen LogP contribution in [-0.2, 0) is 4.79 Å². The van der Waals surface area contributed by atoms with E-state index in [0.717, 1.165) is 12.8 Å². The number of hydrogen-bond donors (Lipinski definition) is 1. The molecule has 0 fully saturated rings. The molecule has 0 saturated heterocycles. The Morgan fingerprint density at radius 3 is 2.80 bits per heavy atom. The topological polar surface area (TPSA) is 29.1 Å². The monoisotopic (exact) mass is 141 g/mol. The third-order valence-electron chi connectivity index (χ3n) is 1.29. The van der Waals surface area contributed by atoms with Gasteiger partial charge < -0.3 is 5.32 Å². The molecule has 0 heterocycles. The Morgan fingerprint density at radius 1 is 1.60 bits per heavy atom. The van der Waals surface area contributed by atoms with Crippen molar-refractivity contribution in [3.63, 3.8) is 0 Å². The highest BCUT2D eigenvalue weighted by molar-refractivity contribution is 5.75. The average molecular weight is 141 g/mol. The second kappa shape index (κ2) is 6.33. The van der Waals surface area contributed by atoms with E-state index >= 15 is 0 Å². The van der Waals surface area contributed by atoms with E-state index in [1.807, 2.05) is 13.0 Å². The Morgan fingerprint density at radius 2 is 2.30 bits per heavy atom. The van der Waals surface area contributed by atoms with Gasteiger partial charge in [0, 0.05) is 13.5 Å². The lowest BCUT2D eigenvalue weighted by atomic mass is 10.2. The number of amides is 1. The van der Waals surface area contributed by atoms with Gasteiger partial charge in [-0.3, -0.25) is 4.79 Å². The Kier molecular flexibility index (Phi) is 5.83. The lowest BCUT2D eigenvalue weighted by molar-refractivity contribution is -0.120. The zero-order valence-electron chi connectivity index (χ0n) is 6.68. The number of hydrogen-bond acceptors (Lipinski definition) is 1. The minimum atomic E-state index is 0.129. The van der Waals surface area contributed by atoms with Crippen molar-refractivity contribution in [2.24, 2.45) is 0 Å². The molecule has 0 bridgehead atoms. The maximum atomic E-state index is 10.6. The van der Waals surface area contributed by atoms with Crippen molar-refractivity contribution in [1.82, 2.24) is 5.32 Å². The normalized spacial score (nSPS) is 10.2. The number of carbonyl (C=O) groups excluding carboxylic acids is 1. The summed E-state index contributed by atoms with van der Waals surface area (Å²) in [5, 5.41) is 2.58. The molecular weight excluding hydrogens is 126 g/mol. The van der Waals surface area contributed by atoms with Gasteiger partial charge in [0.25, 0.3) is 0 Å². The highest BCUT2D eigenvalue weighted by atomic mass is 16.1. The van der Waals surface area contributed by atoms with Crippen molar-refractivity contribution in [2.45, 2.75) is 26.2 Å². The molecular formula is C8H15NO. The second-order valence-corrected chi connectivity index (χ2v) is 2.13. The molecule has 0 atom stereocenters. The molecule has 2 heteroatoms. The standard InChI is InChI=1S/C8H15NO/c1-3-4-5-6-7-8(10)9-2/h3-4H,5-7H2,1-2H3,(H,9,10)/b4-3+. The van der Waals surface area contributed by atoms with Crippen LogP contribution in [0.15, 0.2) is 12.2 Å². The summed E-state index contributed by atoms with van der Waals surface area (Å²) in [6, 6.07) is 0. The molecule has 0 saturated carbocycles. The zero-order valence-corrected chi connectivity index (χ0v) is 6.68. The van der Waals surface area contributed by atoms with Crippen molar-refractivity contribution in [3.05, 3.63) is 12.2 Å². The van der Waals surface area contributed by atoms with Gasteiger partial charge in [0.05, 0.1) is 0 Å². The minimum Gasteiger partial charge on any atom is -0.359 e. The van der Waals surface area contributed by atoms with Crippen LogP contribution in [0.4, 0.5) is 0 Å². The lowest BCUT2D eigenvalue weighted by Gasteiger charge is -1.95. The van der Waals surface area contributed by atoms with E-state index in [-0.39, 0.29) is 5.91 Å². The third-order valence-corrected chi connectivity index (χ3v) is 1.29. The smallest absolute Gasteiger partial charge is 0.219 e. The van der Waals surface area contributed by atoms with E-state index in [9.17, 15) is 4.79 Å². The number of carbonyl (C=O) groups is 1. The molecule has 0 aromatic heterocycles. The maximum absolute atomic E-state index is 10.6. The second-order valence-electron chi connectivity index (χ2n) is 2.13. The van der Waals surface area contributed by atoms with Crippen molar-refractivity contribution in [1.29, 1.82) is 0 Å². The van der Waals surface area contributed by atoms with Crippen LogP contribution in [0.3, 0.4) is 0 Å². The molecule has 0 aliphatic heterocycles. The molecule has 1 N–H and O–H groups in total. The first kappa shape index (κ1) is 9.21. The maximum Gasteiger partial charge on any atom is 0.219 e. The Hall–Kier alpha value is -0.790. The van der Waals surface area contributed by atoms with E-state index in [1.165, 1.54) is 0 Å². The fraction of sp³-hybridized carbons (Fsp3) is 0.625. The van der Waals surface area contributed by atoms with Crippen LogP contribution in [0.1, 0.15) is 26.2 Å². The number of allylic oxidation sites excluding steroid dienone is 2. The molecule has 0 spiro atoms. The van der Waals surface area contributed by atoms with Crippen LogP contribution in [0.5, 0.6) is 0 Å². The number of rotatable bonds is 4. The van der Waals surface area contributed by atoms with Crippen LogP contribution in [0, 0.1) is 0 Å². The molecule has 0 aromatic carbocycles. The van der Waals surface area contributed by atoms with Gasteiger partial charge in [-0.05, 0) is 19.8 Å². The van der Waals surface area contributed by atoms with Crippen molar-refractivity contribution in [2.75, 3.05) is 7.05 Å². The number of unbranched alkanes of at least 4 members (excludes halogenated alkanes) is 1. The van der Waals surface area contributed by atoms with Crippen LogP contribution < -0.4 is 5.32 Å². The van der Waals surface area contributed by atoms with E-state index < -0.39 is 0 Å². The van der Waals surface area contributed by atoms with Gasteiger partial charge in [-0.1, -0.05) is 12.2 Å². The largest absolute Gasteiger partial charge is 0.359 e. The summed E-state index contributed by atoms with van der Waals surface area (Å²) < 4.78 is 0. The molecule has 0 aromatic rings. The first-order valence-corrected chi connectivity index (χ1v) is 3.63. The molecule has 2 nitrogen and oxygen atoms in total. The molecule has 58 valence electrons. The fourth-order valence-electron chi connectivity index (χ4n) is 0.672. The van der Waals surface area contributed by atoms with Crippen molar-refractivity contribution in [3.8, 4) is 0 Å². The van der Waals surface area contributed by atoms with Crippen molar-refractivity contribution < 1.29 is 4.79 Å². The highest BCUT2D eigenvalue weighted by Gasteiger charge is 1.93. The van der Waals surface area contributed by atoms with E-state index in [0.29, 0.717) is 6.42 Å². The summed E-state index contributed by atoms with van der Waals surface area (Å²) in [4.78, 5) is 10.6. The summed E-state index contributed by atoms with van der Waals surface area (Å²) in [6.07, 6.45) is 6.67. The van der Waals surface area contributed by atoms with Gasteiger partial charge >= 0.3 is 0 Å². The highest BCUT2D eigenvalue weighted by Crippen LogP contribution is 1.95. The Bertz CT molecular complexity index is 118. The predicted octanol–water partition coefficient (Wildman–Crippen LogP) is 1.48. The summed E-state index contributed by atoms with van der Waals surface area (Å²) in [5.41, 5.74) is 0. The first-order valence-electron chi connectivity index (χ1n) is 3.63. The number of nitrogens with one attached hydrogen (secondary N) is 1. The van der Waals surface area contributed by atoms with Gasteiger partial charge in [-0.2, -0.15) is 0 Å². The van der Waals surface area contributed by atoms with Gasteiger partial charge in [0.15, 0.2) is 0 Å². The molecule has 0 unspecified atom stereocenters. The van der Waals surface area contributed by atoms with Crippen LogP contribution in [0.2, 0.25) is 0 Å². The summed E-state index contributed by atoms with van der Waals surface area (Å²) in [6.45, 7) is 1.99. The van der Waals surface area contributed by atoms with Crippen LogP contribution in [0.25, 0.3) is 0 Å². The van der Waals surface area contributed by atoms with E-state index in [2.05, 4.69) is 11.4 Å². The molecule has 1 amide bonds. The van der Waals surface area contributed by atoms with Crippen LogP contribution in [-0.4, -0.2) is 13.0 Å². The fourth-order valence-corrected chi connectivity index (χ4v) is 0.672. The molecule has 0 aliphatic rings. The SMILES string of the molecule is C/C=C/CCCC(=O)NC. The van der Waals surface area contributed by atoms with Gasteiger partial charge in [-0.25, -0.2) is 0 Å². The van der Waals surface area contributed by atoms with Crippen molar-refractivity contribution >= 4 is 5.91 Å². The first-order chi connectivity index (χ1) is 4.81. The van der Waals surface area contributed by atoms with Crippen LogP contribution >= 0.6 is 0 Å². The Balaban J connectivity index is 3.11.